The molecule has 0 bridgehead atoms. The van der Waals surface area contributed by atoms with Crippen molar-refractivity contribution in [3.05, 3.63) is 12.7 Å². The number of imidazole rings is 1. The Morgan fingerprint density at radius 2 is 2.00 bits per heavy atom. The lowest BCUT2D eigenvalue weighted by Gasteiger charge is -2.21. The summed E-state index contributed by atoms with van der Waals surface area (Å²) in [5, 5.41) is 0.847. The van der Waals surface area contributed by atoms with Crippen molar-refractivity contribution in [1.82, 2.24) is 19.5 Å². The Bertz CT molecular complexity index is 640. The van der Waals surface area contributed by atoms with Gasteiger partial charge < -0.3 is 10.3 Å². The molecule has 2 fully saturated rings. The highest BCUT2D eigenvalue weighted by molar-refractivity contribution is 7.99. The van der Waals surface area contributed by atoms with Gasteiger partial charge in [-0.2, -0.15) is 11.8 Å². The van der Waals surface area contributed by atoms with Crippen LogP contribution in [0, 0.1) is 11.8 Å². The van der Waals surface area contributed by atoms with E-state index in [1.165, 1.54) is 25.7 Å². The van der Waals surface area contributed by atoms with Gasteiger partial charge in [-0.1, -0.05) is 0 Å². The number of nitrogen functional groups attached to an aromatic ring is 1. The first-order valence-corrected chi connectivity index (χ1v) is 8.54. The molecule has 5 nitrogen and oxygen atoms in total. The van der Waals surface area contributed by atoms with E-state index in [0.717, 1.165) is 28.2 Å². The average molecular weight is 289 g/mol. The molecule has 4 rings (SSSR count). The number of fused-ring (bicyclic) bond motifs is 2. The fraction of sp³-hybridized carbons (Fsp3) is 0.643. The molecule has 2 N–H and O–H groups in total. The van der Waals surface area contributed by atoms with E-state index in [2.05, 4.69) is 25.8 Å². The van der Waals surface area contributed by atoms with E-state index in [0.29, 0.717) is 11.9 Å². The molecule has 106 valence electrons. The SMILES string of the molecule is CS[C@H]1CC[C@H]2[C@@H]1CC[C@@H]2n1cnc2c(N)ncnc21. The molecule has 0 spiro atoms. The lowest BCUT2D eigenvalue weighted by atomic mass is 9.97. The molecule has 20 heavy (non-hydrogen) atoms. The van der Waals surface area contributed by atoms with Crippen LogP contribution in [0.15, 0.2) is 12.7 Å². The molecular weight excluding hydrogens is 270 g/mol. The van der Waals surface area contributed by atoms with Crippen LogP contribution < -0.4 is 5.73 Å². The number of aromatic nitrogens is 4. The van der Waals surface area contributed by atoms with Crippen molar-refractivity contribution in [3.63, 3.8) is 0 Å². The van der Waals surface area contributed by atoms with Crippen LogP contribution in [0.25, 0.3) is 11.2 Å². The molecule has 0 radical (unpaired) electrons. The van der Waals surface area contributed by atoms with Crippen molar-refractivity contribution in [2.75, 3.05) is 12.0 Å². The lowest BCUT2D eigenvalue weighted by molar-refractivity contribution is 0.354. The molecule has 0 unspecified atom stereocenters. The molecule has 2 aromatic rings. The van der Waals surface area contributed by atoms with E-state index in [1.54, 1.807) is 6.33 Å². The number of hydrogen-bond donors (Lipinski definition) is 1. The summed E-state index contributed by atoms with van der Waals surface area (Å²) in [6.45, 7) is 0. The highest BCUT2D eigenvalue weighted by Crippen LogP contribution is 2.53. The van der Waals surface area contributed by atoms with Crippen LogP contribution in [0.1, 0.15) is 31.7 Å². The Morgan fingerprint density at radius 3 is 2.85 bits per heavy atom. The maximum Gasteiger partial charge on any atom is 0.165 e. The molecule has 2 saturated carbocycles. The molecular formula is C14H19N5S. The third-order valence-electron chi connectivity index (χ3n) is 5.15. The average Bonchev–Trinajstić information content (AvgIpc) is 3.11. The molecule has 0 aromatic carbocycles. The van der Waals surface area contributed by atoms with Crippen LogP contribution >= 0.6 is 11.8 Å². The number of thioether (sulfide) groups is 1. The third-order valence-corrected chi connectivity index (χ3v) is 6.34. The zero-order valence-corrected chi connectivity index (χ0v) is 12.4. The summed E-state index contributed by atoms with van der Waals surface area (Å²) in [4.78, 5) is 12.9. The number of nitrogens with two attached hydrogens (primary N) is 1. The smallest absolute Gasteiger partial charge is 0.165 e. The van der Waals surface area contributed by atoms with Gasteiger partial charge in [0.1, 0.15) is 11.8 Å². The Balaban J connectivity index is 1.72. The normalized spacial score (nSPS) is 32.9. The highest BCUT2D eigenvalue weighted by atomic mass is 32.2. The Hall–Kier alpha value is -1.30. The second-order valence-electron chi connectivity index (χ2n) is 5.91. The van der Waals surface area contributed by atoms with Crippen LogP contribution in [-0.4, -0.2) is 31.0 Å². The third kappa shape index (κ3) is 1.67. The van der Waals surface area contributed by atoms with Crippen molar-refractivity contribution < 1.29 is 0 Å². The maximum absolute atomic E-state index is 5.89. The van der Waals surface area contributed by atoms with Gasteiger partial charge in [-0.15, -0.1) is 0 Å². The van der Waals surface area contributed by atoms with Gasteiger partial charge in [0.15, 0.2) is 11.5 Å². The molecule has 0 saturated heterocycles. The van der Waals surface area contributed by atoms with Crippen LogP contribution in [0.4, 0.5) is 5.82 Å². The maximum atomic E-state index is 5.89. The van der Waals surface area contributed by atoms with E-state index >= 15 is 0 Å². The highest BCUT2D eigenvalue weighted by Gasteiger charge is 2.45. The van der Waals surface area contributed by atoms with Gasteiger partial charge in [0.25, 0.3) is 0 Å². The van der Waals surface area contributed by atoms with Gasteiger partial charge in [0, 0.05) is 11.3 Å². The predicted octanol–water partition coefficient (Wildman–Crippen LogP) is 2.50. The minimum absolute atomic E-state index is 0.483. The topological polar surface area (TPSA) is 69.6 Å². The van der Waals surface area contributed by atoms with Gasteiger partial charge in [-0.05, 0) is 43.8 Å². The second-order valence-corrected chi connectivity index (χ2v) is 6.98. The summed E-state index contributed by atoms with van der Waals surface area (Å²) in [7, 11) is 0. The van der Waals surface area contributed by atoms with Gasteiger partial charge in [-0.3, -0.25) is 0 Å². The first-order valence-electron chi connectivity index (χ1n) is 7.25. The lowest BCUT2D eigenvalue weighted by Crippen LogP contribution is -2.17. The van der Waals surface area contributed by atoms with Crippen LogP contribution in [0.3, 0.4) is 0 Å². The molecule has 4 atom stereocenters. The summed E-state index contributed by atoms with van der Waals surface area (Å²) in [5.74, 6) is 2.13. The van der Waals surface area contributed by atoms with Gasteiger partial charge in [-0.25, -0.2) is 15.0 Å². The first kappa shape index (κ1) is 12.4. The monoisotopic (exact) mass is 289 g/mol. The standard InChI is InChI=1S/C14H19N5S/c1-20-11-5-3-8-9(11)2-4-10(8)19-7-18-12-13(15)16-6-17-14(12)19/h6-11H,2-5H2,1H3,(H2,15,16,17)/t8-,9-,10-,11-/m0/s1. The van der Waals surface area contributed by atoms with Crippen molar-refractivity contribution in [1.29, 1.82) is 0 Å². The molecule has 2 heterocycles. The first-order chi connectivity index (χ1) is 9.79. The summed E-state index contributed by atoms with van der Waals surface area (Å²) in [6, 6.07) is 0.538. The van der Waals surface area contributed by atoms with E-state index in [4.69, 9.17) is 5.73 Å². The molecule has 2 aliphatic carbocycles. The number of rotatable bonds is 2. The molecule has 0 amide bonds. The largest absolute Gasteiger partial charge is 0.382 e. The predicted molar refractivity (Wildman–Crippen MR) is 81.5 cm³/mol. The van der Waals surface area contributed by atoms with Gasteiger partial charge >= 0.3 is 0 Å². The van der Waals surface area contributed by atoms with Crippen molar-refractivity contribution in [3.8, 4) is 0 Å². The van der Waals surface area contributed by atoms with Crippen molar-refractivity contribution >= 4 is 28.7 Å². The number of nitrogens with zero attached hydrogens (tertiary/aromatic N) is 4. The summed E-state index contributed by atoms with van der Waals surface area (Å²) < 4.78 is 2.25. The number of hydrogen-bond acceptors (Lipinski definition) is 5. The molecule has 2 aliphatic rings. The van der Waals surface area contributed by atoms with E-state index < -0.39 is 0 Å². The van der Waals surface area contributed by atoms with Crippen molar-refractivity contribution in [2.45, 2.75) is 37.0 Å². The van der Waals surface area contributed by atoms with Crippen LogP contribution in [-0.2, 0) is 0 Å². The quantitative estimate of drug-likeness (QED) is 0.920. The fourth-order valence-electron chi connectivity index (χ4n) is 4.27. The van der Waals surface area contributed by atoms with Crippen LogP contribution in [0.5, 0.6) is 0 Å². The molecule has 2 aromatic heterocycles. The Morgan fingerprint density at radius 1 is 1.15 bits per heavy atom. The molecule has 6 heteroatoms. The summed E-state index contributed by atoms with van der Waals surface area (Å²) in [5.41, 5.74) is 7.53. The zero-order valence-electron chi connectivity index (χ0n) is 11.6. The van der Waals surface area contributed by atoms with Crippen molar-refractivity contribution in [2.24, 2.45) is 11.8 Å². The summed E-state index contributed by atoms with van der Waals surface area (Å²) in [6.07, 6.45) is 11.0. The van der Waals surface area contributed by atoms with Crippen LogP contribution in [0.2, 0.25) is 0 Å². The van der Waals surface area contributed by atoms with E-state index in [9.17, 15) is 0 Å². The zero-order chi connectivity index (χ0) is 13.7. The second kappa shape index (κ2) is 4.62. The van der Waals surface area contributed by atoms with E-state index in [-0.39, 0.29) is 0 Å². The van der Waals surface area contributed by atoms with Gasteiger partial charge in [0.05, 0.1) is 6.33 Å². The number of anilines is 1. The minimum Gasteiger partial charge on any atom is -0.382 e. The Labute approximate surface area is 122 Å². The van der Waals surface area contributed by atoms with E-state index in [1.807, 2.05) is 18.1 Å². The minimum atomic E-state index is 0.483. The fourth-order valence-corrected chi connectivity index (χ4v) is 5.33. The van der Waals surface area contributed by atoms with Gasteiger partial charge in [0.2, 0.25) is 0 Å². The Kier molecular flexibility index (Phi) is 2.87. The molecule has 0 aliphatic heterocycles. The summed E-state index contributed by atoms with van der Waals surface area (Å²) >= 11 is 2.04.